The molecule has 2 aromatic carbocycles. The summed E-state index contributed by atoms with van der Waals surface area (Å²) in [6, 6.07) is 16.8. The highest BCUT2D eigenvalue weighted by Crippen LogP contribution is 2.13. The standard InChI is InChI=1S/C15H13NO3/c17-16(18)19-15-11-9-14(10-12-15)8-4-7-13-5-2-1-3-6-13/h1-6,8-12H,7H2. The predicted molar refractivity (Wildman–Crippen MR) is 73.2 cm³/mol. The number of hydrogen-bond donors (Lipinski definition) is 0. The molecule has 2 aromatic rings. The Hall–Kier alpha value is -2.62. The van der Waals surface area contributed by atoms with Crippen molar-refractivity contribution < 1.29 is 9.92 Å². The summed E-state index contributed by atoms with van der Waals surface area (Å²) in [5.74, 6) is 0.227. The molecule has 0 N–H and O–H groups in total. The van der Waals surface area contributed by atoms with Gasteiger partial charge in [-0.2, -0.15) is 0 Å². The largest absolute Gasteiger partial charge is 0.299 e. The first-order valence-corrected chi connectivity index (χ1v) is 5.87. The molecule has 0 heterocycles. The van der Waals surface area contributed by atoms with Crippen molar-refractivity contribution in [2.75, 3.05) is 0 Å². The molecular formula is C15H13NO3. The fourth-order valence-electron chi connectivity index (χ4n) is 1.67. The van der Waals surface area contributed by atoms with Gasteiger partial charge in [0.05, 0.1) is 0 Å². The summed E-state index contributed by atoms with van der Waals surface area (Å²) in [5.41, 5.74) is 2.22. The van der Waals surface area contributed by atoms with Crippen molar-refractivity contribution in [2.24, 2.45) is 0 Å². The summed E-state index contributed by atoms with van der Waals surface area (Å²) in [6.45, 7) is 0. The van der Waals surface area contributed by atoms with E-state index >= 15 is 0 Å². The molecule has 0 aliphatic rings. The molecular weight excluding hydrogens is 242 g/mol. The number of allylic oxidation sites excluding steroid dienone is 1. The zero-order chi connectivity index (χ0) is 13.5. The van der Waals surface area contributed by atoms with Crippen LogP contribution in [-0.4, -0.2) is 5.09 Å². The fraction of sp³-hybridized carbons (Fsp3) is 0.0667. The van der Waals surface area contributed by atoms with Gasteiger partial charge in [0, 0.05) is 0 Å². The van der Waals surface area contributed by atoms with Gasteiger partial charge in [0.15, 0.2) is 0 Å². The van der Waals surface area contributed by atoms with Crippen LogP contribution in [0.3, 0.4) is 0 Å². The SMILES string of the molecule is O=[N+]([O-])Oc1ccc(C=CCc2ccccc2)cc1. The van der Waals surface area contributed by atoms with Gasteiger partial charge in [0.1, 0.15) is 5.75 Å². The third-order valence-electron chi connectivity index (χ3n) is 2.57. The number of nitrogens with zero attached hydrogens (tertiary/aromatic N) is 1. The molecule has 96 valence electrons. The van der Waals surface area contributed by atoms with Crippen LogP contribution < -0.4 is 4.84 Å². The van der Waals surface area contributed by atoms with E-state index < -0.39 is 5.09 Å². The molecule has 0 saturated heterocycles. The van der Waals surface area contributed by atoms with Crippen LogP contribution in [-0.2, 0) is 6.42 Å². The van der Waals surface area contributed by atoms with Crippen molar-refractivity contribution in [3.8, 4) is 5.75 Å². The summed E-state index contributed by atoms with van der Waals surface area (Å²) in [5, 5.41) is 9.33. The molecule has 0 spiro atoms. The Morgan fingerprint density at radius 2 is 1.74 bits per heavy atom. The molecule has 0 radical (unpaired) electrons. The van der Waals surface area contributed by atoms with Gasteiger partial charge in [-0.25, -0.2) is 0 Å². The molecule has 2 rings (SSSR count). The van der Waals surface area contributed by atoms with Crippen molar-refractivity contribution in [1.82, 2.24) is 0 Å². The van der Waals surface area contributed by atoms with Gasteiger partial charge >= 0.3 is 0 Å². The van der Waals surface area contributed by atoms with Crippen LogP contribution in [0.1, 0.15) is 11.1 Å². The van der Waals surface area contributed by atoms with Crippen LogP contribution in [0.25, 0.3) is 6.08 Å². The first kappa shape index (κ1) is 12.8. The van der Waals surface area contributed by atoms with E-state index in [0.717, 1.165) is 12.0 Å². The number of rotatable bonds is 5. The van der Waals surface area contributed by atoms with Crippen LogP contribution in [0.5, 0.6) is 5.75 Å². The Labute approximate surface area is 111 Å². The topological polar surface area (TPSA) is 52.4 Å². The van der Waals surface area contributed by atoms with E-state index in [1.54, 1.807) is 24.3 Å². The highest BCUT2D eigenvalue weighted by atomic mass is 17.0. The first-order chi connectivity index (χ1) is 9.24. The normalized spacial score (nSPS) is 10.5. The number of hydrogen-bond acceptors (Lipinski definition) is 3. The molecule has 0 aliphatic heterocycles. The highest BCUT2D eigenvalue weighted by Gasteiger charge is 1.97. The van der Waals surface area contributed by atoms with Crippen LogP contribution in [0.15, 0.2) is 60.7 Å². The Morgan fingerprint density at radius 1 is 1.05 bits per heavy atom. The lowest BCUT2D eigenvalue weighted by Gasteiger charge is -1.99. The van der Waals surface area contributed by atoms with Crippen molar-refractivity contribution >= 4 is 6.08 Å². The molecule has 0 aromatic heterocycles. The summed E-state index contributed by atoms with van der Waals surface area (Å²) < 4.78 is 0. The summed E-state index contributed by atoms with van der Waals surface area (Å²) >= 11 is 0. The Kier molecular flexibility index (Phi) is 4.29. The second-order valence-corrected chi connectivity index (χ2v) is 3.98. The maximum Gasteiger partial charge on any atom is 0.299 e. The van der Waals surface area contributed by atoms with Crippen molar-refractivity contribution in [1.29, 1.82) is 0 Å². The lowest BCUT2D eigenvalue weighted by molar-refractivity contribution is -0.711. The molecule has 0 atom stereocenters. The quantitative estimate of drug-likeness (QED) is 0.606. The second-order valence-electron chi connectivity index (χ2n) is 3.98. The van der Waals surface area contributed by atoms with E-state index in [1.165, 1.54) is 5.56 Å². The zero-order valence-corrected chi connectivity index (χ0v) is 10.2. The minimum absolute atomic E-state index is 0.227. The fourth-order valence-corrected chi connectivity index (χ4v) is 1.67. The minimum Gasteiger partial charge on any atom is -0.276 e. The maximum absolute atomic E-state index is 10.2. The monoisotopic (exact) mass is 255 g/mol. The lowest BCUT2D eigenvalue weighted by atomic mass is 10.1. The van der Waals surface area contributed by atoms with Gasteiger partial charge in [-0.1, -0.05) is 54.6 Å². The van der Waals surface area contributed by atoms with Gasteiger partial charge in [0.25, 0.3) is 5.09 Å². The Balaban J connectivity index is 1.94. The molecule has 4 heteroatoms. The van der Waals surface area contributed by atoms with Crippen molar-refractivity contribution in [3.63, 3.8) is 0 Å². The molecule has 0 unspecified atom stereocenters. The van der Waals surface area contributed by atoms with Crippen LogP contribution in [0, 0.1) is 10.1 Å². The second kappa shape index (κ2) is 6.35. The molecule has 19 heavy (non-hydrogen) atoms. The first-order valence-electron chi connectivity index (χ1n) is 5.87. The molecule has 0 aliphatic carbocycles. The van der Waals surface area contributed by atoms with E-state index in [4.69, 9.17) is 0 Å². The molecule has 0 fully saturated rings. The predicted octanol–water partition coefficient (Wildman–Crippen LogP) is 3.51. The van der Waals surface area contributed by atoms with E-state index in [1.807, 2.05) is 24.3 Å². The summed E-state index contributed by atoms with van der Waals surface area (Å²) in [7, 11) is 0. The third kappa shape index (κ3) is 4.27. The van der Waals surface area contributed by atoms with Gasteiger partial charge in [-0.05, 0) is 29.7 Å². The lowest BCUT2D eigenvalue weighted by Crippen LogP contribution is -2.02. The van der Waals surface area contributed by atoms with Crippen molar-refractivity contribution in [2.45, 2.75) is 6.42 Å². The molecule has 0 saturated carbocycles. The molecule has 0 bridgehead atoms. The zero-order valence-electron chi connectivity index (χ0n) is 10.2. The van der Waals surface area contributed by atoms with Crippen molar-refractivity contribution in [3.05, 3.63) is 81.9 Å². The van der Waals surface area contributed by atoms with Crippen LogP contribution in [0.4, 0.5) is 0 Å². The Morgan fingerprint density at radius 3 is 2.37 bits per heavy atom. The van der Waals surface area contributed by atoms with E-state index in [9.17, 15) is 10.1 Å². The van der Waals surface area contributed by atoms with Gasteiger partial charge in [0.2, 0.25) is 0 Å². The average Bonchev–Trinajstić information content (AvgIpc) is 2.41. The van der Waals surface area contributed by atoms with Gasteiger partial charge in [-0.3, -0.25) is 4.84 Å². The maximum atomic E-state index is 10.2. The van der Waals surface area contributed by atoms with Gasteiger partial charge < -0.3 is 0 Å². The smallest absolute Gasteiger partial charge is 0.276 e. The van der Waals surface area contributed by atoms with Crippen LogP contribution >= 0.6 is 0 Å². The Bertz CT molecular complexity index is 562. The molecule has 0 amide bonds. The van der Waals surface area contributed by atoms with E-state index in [-0.39, 0.29) is 5.75 Å². The summed E-state index contributed by atoms with van der Waals surface area (Å²) in [4.78, 5) is 14.5. The summed E-state index contributed by atoms with van der Waals surface area (Å²) in [6.07, 6.45) is 4.88. The third-order valence-corrected chi connectivity index (χ3v) is 2.57. The van der Waals surface area contributed by atoms with Gasteiger partial charge in [-0.15, -0.1) is 10.1 Å². The highest BCUT2D eigenvalue weighted by molar-refractivity contribution is 5.51. The minimum atomic E-state index is -0.819. The number of benzene rings is 2. The van der Waals surface area contributed by atoms with E-state index in [2.05, 4.69) is 23.0 Å². The molecule has 4 nitrogen and oxygen atoms in total. The average molecular weight is 255 g/mol. The van der Waals surface area contributed by atoms with Crippen LogP contribution in [0.2, 0.25) is 0 Å². The van der Waals surface area contributed by atoms with E-state index in [0.29, 0.717) is 0 Å².